The highest BCUT2D eigenvalue weighted by atomic mass is 15.3. The van der Waals surface area contributed by atoms with Gasteiger partial charge in [-0.2, -0.15) is 5.10 Å². The zero-order valence-corrected chi connectivity index (χ0v) is 13.3. The summed E-state index contributed by atoms with van der Waals surface area (Å²) in [5.74, 6) is 1.58. The summed E-state index contributed by atoms with van der Waals surface area (Å²) in [5, 5.41) is 19.0. The third-order valence-electron chi connectivity index (χ3n) is 3.32. The first-order chi connectivity index (χ1) is 11.3. The Morgan fingerprint density at radius 2 is 2.17 bits per heavy atom. The van der Waals surface area contributed by atoms with E-state index in [0.717, 1.165) is 29.5 Å². The number of nitrogens with one attached hydrogen (secondary N) is 2. The number of hydrogen-bond donors (Lipinski definition) is 2. The number of fused-ring (bicyclic) bond motifs is 1. The summed E-state index contributed by atoms with van der Waals surface area (Å²) in [4.78, 5) is 4.56. The number of rotatable bonds is 5. The number of aryl methyl sites for hydroxylation is 1. The summed E-state index contributed by atoms with van der Waals surface area (Å²) in [6.07, 6.45) is 5.73. The van der Waals surface area contributed by atoms with Crippen molar-refractivity contribution in [3.05, 3.63) is 48.2 Å². The quantitative estimate of drug-likeness (QED) is 0.536. The van der Waals surface area contributed by atoms with Crippen molar-refractivity contribution in [3.8, 4) is 0 Å². The average Bonchev–Trinajstić information content (AvgIpc) is 3.16. The molecule has 3 aromatic heterocycles. The summed E-state index contributed by atoms with van der Waals surface area (Å²) in [5.41, 5.74) is 1.90. The van der Waals surface area contributed by atoms with Crippen LogP contribution in [-0.2, 0) is 20.1 Å². The second-order valence-corrected chi connectivity index (χ2v) is 5.12. The van der Waals surface area contributed by atoms with Crippen molar-refractivity contribution in [2.45, 2.75) is 20.0 Å². The molecule has 0 aromatic carbocycles. The smallest absolute Gasteiger partial charge is 0.191 e. The van der Waals surface area contributed by atoms with Gasteiger partial charge in [-0.3, -0.25) is 9.08 Å². The van der Waals surface area contributed by atoms with E-state index in [4.69, 9.17) is 0 Å². The summed E-state index contributed by atoms with van der Waals surface area (Å²) >= 11 is 0. The Bertz CT molecular complexity index is 801. The molecule has 3 rings (SSSR count). The monoisotopic (exact) mass is 312 g/mol. The van der Waals surface area contributed by atoms with E-state index in [1.54, 1.807) is 4.68 Å². The molecule has 3 heterocycles. The minimum absolute atomic E-state index is 0.546. The minimum atomic E-state index is 0.546. The van der Waals surface area contributed by atoms with E-state index in [-0.39, 0.29) is 0 Å². The fourth-order valence-electron chi connectivity index (χ4n) is 2.24. The molecular formula is C15H20N8. The van der Waals surface area contributed by atoms with Gasteiger partial charge in [0, 0.05) is 31.5 Å². The molecule has 8 heteroatoms. The maximum absolute atomic E-state index is 4.56. The molecule has 0 spiro atoms. The zero-order chi connectivity index (χ0) is 16.1. The van der Waals surface area contributed by atoms with Crippen molar-refractivity contribution < 1.29 is 0 Å². The van der Waals surface area contributed by atoms with Crippen LogP contribution in [0.25, 0.3) is 5.65 Å². The molecule has 0 saturated carbocycles. The van der Waals surface area contributed by atoms with E-state index in [1.807, 2.05) is 55.2 Å². The van der Waals surface area contributed by atoms with Gasteiger partial charge in [0.1, 0.15) is 0 Å². The third-order valence-corrected chi connectivity index (χ3v) is 3.32. The normalized spacial score (nSPS) is 11.8. The van der Waals surface area contributed by atoms with Crippen LogP contribution in [-0.4, -0.2) is 36.9 Å². The molecule has 120 valence electrons. The highest BCUT2D eigenvalue weighted by Gasteiger charge is 2.05. The molecule has 0 radical (unpaired) electrons. The first-order valence-electron chi connectivity index (χ1n) is 7.54. The van der Waals surface area contributed by atoms with Crippen LogP contribution in [0.15, 0.2) is 41.8 Å². The fraction of sp³-hybridized carbons (Fsp3) is 0.333. The predicted octanol–water partition coefficient (Wildman–Crippen LogP) is 0.718. The molecule has 0 unspecified atom stereocenters. The maximum atomic E-state index is 4.56. The Hall–Kier alpha value is -2.90. The fourth-order valence-corrected chi connectivity index (χ4v) is 2.24. The number of aliphatic imine (C=N–C) groups is 1. The lowest BCUT2D eigenvalue weighted by atomic mass is 10.4. The second-order valence-electron chi connectivity index (χ2n) is 5.12. The Kier molecular flexibility index (Phi) is 4.51. The molecule has 23 heavy (non-hydrogen) atoms. The molecule has 0 bridgehead atoms. The van der Waals surface area contributed by atoms with Crippen LogP contribution in [0.1, 0.15) is 18.3 Å². The van der Waals surface area contributed by atoms with Gasteiger partial charge < -0.3 is 10.6 Å². The molecular weight excluding hydrogens is 292 g/mol. The van der Waals surface area contributed by atoms with Gasteiger partial charge in [-0.25, -0.2) is 4.99 Å². The molecule has 2 N–H and O–H groups in total. The molecule has 8 nitrogen and oxygen atoms in total. The SMILES string of the molecule is CCNC(=NCc1cnn(C)c1)NCc1nnc2ccccn12. The van der Waals surface area contributed by atoms with Gasteiger partial charge in [-0.1, -0.05) is 6.07 Å². The largest absolute Gasteiger partial charge is 0.357 e. The topological polar surface area (TPSA) is 84.4 Å². The van der Waals surface area contributed by atoms with Crippen molar-refractivity contribution in [3.63, 3.8) is 0 Å². The van der Waals surface area contributed by atoms with Crippen LogP contribution < -0.4 is 10.6 Å². The highest BCUT2D eigenvalue weighted by Crippen LogP contribution is 2.02. The summed E-state index contributed by atoms with van der Waals surface area (Å²) in [6, 6.07) is 5.83. The molecule has 0 aliphatic heterocycles. The standard InChI is InChI=1S/C15H20N8/c1-3-16-15(17-8-12-9-19-22(2)11-12)18-10-14-21-20-13-6-4-5-7-23(13)14/h4-7,9,11H,3,8,10H2,1-2H3,(H2,16,17,18). The van der Waals surface area contributed by atoms with Crippen molar-refractivity contribution >= 4 is 11.6 Å². The maximum Gasteiger partial charge on any atom is 0.191 e. The van der Waals surface area contributed by atoms with Crippen molar-refractivity contribution in [1.82, 2.24) is 35.0 Å². The Morgan fingerprint density at radius 1 is 1.26 bits per heavy atom. The zero-order valence-electron chi connectivity index (χ0n) is 13.3. The van der Waals surface area contributed by atoms with Crippen LogP contribution in [0.2, 0.25) is 0 Å². The lowest BCUT2D eigenvalue weighted by molar-refractivity contribution is 0.762. The molecule has 0 fully saturated rings. The van der Waals surface area contributed by atoms with Gasteiger partial charge in [0.15, 0.2) is 17.4 Å². The van der Waals surface area contributed by atoms with Crippen LogP contribution >= 0.6 is 0 Å². The Balaban J connectivity index is 1.67. The molecule has 0 amide bonds. The van der Waals surface area contributed by atoms with E-state index in [2.05, 4.69) is 30.9 Å². The first-order valence-corrected chi connectivity index (χ1v) is 7.54. The molecule has 0 aliphatic rings. The van der Waals surface area contributed by atoms with E-state index in [1.165, 1.54) is 0 Å². The Morgan fingerprint density at radius 3 is 2.96 bits per heavy atom. The van der Waals surface area contributed by atoms with Gasteiger partial charge in [0.05, 0.1) is 19.3 Å². The van der Waals surface area contributed by atoms with E-state index < -0.39 is 0 Å². The number of pyridine rings is 1. The number of aromatic nitrogens is 5. The lowest BCUT2D eigenvalue weighted by Crippen LogP contribution is -2.37. The van der Waals surface area contributed by atoms with Crippen molar-refractivity contribution in [1.29, 1.82) is 0 Å². The summed E-state index contributed by atoms with van der Waals surface area (Å²) < 4.78 is 3.73. The number of nitrogens with zero attached hydrogens (tertiary/aromatic N) is 6. The average molecular weight is 312 g/mol. The van der Waals surface area contributed by atoms with Gasteiger partial charge in [-0.05, 0) is 19.1 Å². The molecule has 0 aliphatic carbocycles. The van der Waals surface area contributed by atoms with Crippen LogP contribution in [0.4, 0.5) is 0 Å². The number of guanidine groups is 1. The predicted molar refractivity (Wildman–Crippen MR) is 87.9 cm³/mol. The third kappa shape index (κ3) is 3.65. The van der Waals surface area contributed by atoms with Gasteiger partial charge in [0.2, 0.25) is 0 Å². The van der Waals surface area contributed by atoms with Crippen molar-refractivity contribution in [2.24, 2.45) is 12.0 Å². The second kappa shape index (κ2) is 6.91. The van der Waals surface area contributed by atoms with E-state index in [9.17, 15) is 0 Å². The van der Waals surface area contributed by atoms with Gasteiger partial charge in [-0.15, -0.1) is 10.2 Å². The minimum Gasteiger partial charge on any atom is -0.357 e. The van der Waals surface area contributed by atoms with Gasteiger partial charge >= 0.3 is 0 Å². The first kappa shape index (κ1) is 15.0. The highest BCUT2D eigenvalue weighted by molar-refractivity contribution is 5.79. The molecule has 3 aromatic rings. The van der Waals surface area contributed by atoms with Crippen LogP contribution in [0.5, 0.6) is 0 Å². The van der Waals surface area contributed by atoms with Crippen molar-refractivity contribution in [2.75, 3.05) is 6.54 Å². The van der Waals surface area contributed by atoms with E-state index in [0.29, 0.717) is 13.1 Å². The molecule has 0 saturated heterocycles. The lowest BCUT2D eigenvalue weighted by Gasteiger charge is -2.10. The van der Waals surface area contributed by atoms with Crippen LogP contribution in [0, 0.1) is 0 Å². The van der Waals surface area contributed by atoms with Gasteiger partial charge in [0.25, 0.3) is 0 Å². The van der Waals surface area contributed by atoms with E-state index >= 15 is 0 Å². The number of hydrogen-bond acceptors (Lipinski definition) is 4. The summed E-state index contributed by atoms with van der Waals surface area (Å²) in [6.45, 7) is 3.95. The molecule has 0 atom stereocenters. The van der Waals surface area contributed by atoms with Crippen LogP contribution in [0.3, 0.4) is 0 Å². The summed E-state index contributed by atoms with van der Waals surface area (Å²) in [7, 11) is 1.90. The Labute approximate surface area is 134 Å².